The first kappa shape index (κ1) is 9.99. The fourth-order valence-corrected chi connectivity index (χ4v) is 3.28. The summed E-state index contributed by atoms with van der Waals surface area (Å²) in [4.78, 5) is 1.43. The zero-order valence-corrected chi connectivity index (χ0v) is 9.56. The molecule has 1 aromatic rings. The van der Waals surface area contributed by atoms with Gasteiger partial charge in [-0.2, -0.15) is 0 Å². The van der Waals surface area contributed by atoms with Gasteiger partial charge in [0, 0.05) is 10.8 Å². The van der Waals surface area contributed by atoms with Crippen LogP contribution in [0.1, 0.15) is 24.1 Å². The minimum atomic E-state index is 0.686. The Hall–Kier alpha value is -0.540. The van der Waals surface area contributed by atoms with E-state index in [4.69, 9.17) is 4.74 Å². The lowest BCUT2D eigenvalue weighted by Gasteiger charge is -2.29. The standard InChI is InChI=1S/C11H17NOS/c1-8-7-12-5-3-9(8)11-10(13-2)4-6-14-11/h4,6,8-9,12H,3,5,7H2,1-2H3. The van der Waals surface area contributed by atoms with Crippen LogP contribution in [0.15, 0.2) is 11.4 Å². The van der Waals surface area contributed by atoms with Crippen molar-refractivity contribution in [2.24, 2.45) is 5.92 Å². The molecule has 2 atom stereocenters. The highest BCUT2D eigenvalue weighted by Crippen LogP contribution is 2.39. The first-order valence-corrected chi connectivity index (χ1v) is 6.03. The summed E-state index contributed by atoms with van der Waals surface area (Å²) in [6.45, 7) is 4.58. The topological polar surface area (TPSA) is 21.3 Å². The number of nitrogens with one attached hydrogen (secondary N) is 1. The van der Waals surface area contributed by atoms with Gasteiger partial charge in [-0.05, 0) is 36.9 Å². The maximum atomic E-state index is 5.38. The highest BCUT2D eigenvalue weighted by atomic mass is 32.1. The van der Waals surface area contributed by atoms with Crippen LogP contribution in [-0.2, 0) is 0 Å². The van der Waals surface area contributed by atoms with E-state index in [9.17, 15) is 0 Å². The van der Waals surface area contributed by atoms with Gasteiger partial charge < -0.3 is 10.1 Å². The second-order valence-electron chi connectivity index (χ2n) is 3.93. The third kappa shape index (κ3) is 1.79. The van der Waals surface area contributed by atoms with Crippen molar-refractivity contribution in [3.8, 4) is 5.75 Å². The minimum Gasteiger partial charge on any atom is -0.496 e. The Labute approximate surface area is 89.3 Å². The molecule has 1 N–H and O–H groups in total. The summed E-state index contributed by atoms with van der Waals surface area (Å²) in [7, 11) is 1.76. The predicted molar refractivity (Wildman–Crippen MR) is 60.3 cm³/mol. The molecule has 0 amide bonds. The molecule has 0 radical (unpaired) electrons. The van der Waals surface area contributed by atoms with Crippen LogP contribution >= 0.6 is 11.3 Å². The first-order chi connectivity index (χ1) is 6.83. The molecule has 1 fully saturated rings. The van der Waals surface area contributed by atoms with Crippen molar-refractivity contribution in [3.05, 3.63) is 16.3 Å². The van der Waals surface area contributed by atoms with Gasteiger partial charge in [-0.15, -0.1) is 11.3 Å². The summed E-state index contributed by atoms with van der Waals surface area (Å²) in [5.74, 6) is 2.48. The normalized spacial score (nSPS) is 27.6. The van der Waals surface area contributed by atoms with Crippen LogP contribution in [0, 0.1) is 5.92 Å². The van der Waals surface area contributed by atoms with Gasteiger partial charge >= 0.3 is 0 Å². The van der Waals surface area contributed by atoms with Gasteiger partial charge in [0.05, 0.1) is 7.11 Å². The lowest BCUT2D eigenvalue weighted by Crippen LogP contribution is -2.33. The molecule has 1 aliphatic heterocycles. The third-order valence-electron chi connectivity index (χ3n) is 3.00. The van der Waals surface area contributed by atoms with Crippen molar-refractivity contribution in [1.29, 1.82) is 0 Å². The second kappa shape index (κ2) is 4.32. The molecule has 0 bridgehead atoms. The van der Waals surface area contributed by atoms with Crippen LogP contribution in [0.3, 0.4) is 0 Å². The maximum Gasteiger partial charge on any atom is 0.133 e. The molecule has 78 valence electrons. The van der Waals surface area contributed by atoms with E-state index in [0.29, 0.717) is 5.92 Å². The van der Waals surface area contributed by atoms with E-state index < -0.39 is 0 Å². The zero-order chi connectivity index (χ0) is 9.97. The molecule has 1 aromatic heterocycles. The lowest BCUT2D eigenvalue weighted by molar-refractivity contribution is 0.339. The molecule has 0 spiro atoms. The van der Waals surface area contributed by atoms with Crippen molar-refractivity contribution in [2.75, 3.05) is 20.2 Å². The molecule has 2 nitrogen and oxygen atoms in total. The van der Waals surface area contributed by atoms with E-state index in [1.165, 1.54) is 11.3 Å². The van der Waals surface area contributed by atoms with E-state index >= 15 is 0 Å². The number of methoxy groups -OCH3 is 1. The van der Waals surface area contributed by atoms with Crippen LogP contribution in [0.4, 0.5) is 0 Å². The lowest BCUT2D eigenvalue weighted by atomic mass is 9.86. The summed E-state index contributed by atoms with van der Waals surface area (Å²) in [5.41, 5.74) is 0. The highest BCUT2D eigenvalue weighted by Gasteiger charge is 2.26. The summed E-state index contributed by atoms with van der Waals surface area (Å²) in [6.07, 6.45) is 1.23. The van der Waals surface area contributed by atoms with Crippen molar-refractivity contribution < 1.29 is 4.74 Å². The molecular weight excluding hydrogens is 194 g/mol. The molecule has 2 heterocycles. The second-order valence-corrected chi connectivity index (χ2v) is 4.88. The van der Waals surface area contributed by atoms with Crippen molar-refractivity contribution >= 4 is 11.3 Å². The minimum absolute atomic E-state index is 0.686. The molecule has 1 aliphatic rings. The maximum absolute atomic E-state index is 5.38. The number of piperidine rings is 1. The van der Waals surface area contributed by atoms with Crippen LogP contribution in [0.25, 0.3) is 0 Å². The number of rotatable bonds is 2. The Morgan fingerprint density at radius 3 is 3.14 bits per heavy atom. The van der Waals surface area contributed by atoms with Crippen molar-refractivity contribution in [1.82, 2.24) is 5.32 Å². The number of ether oxygens (including phenoxy) is 1. The Balaban J connectivity index is 2.20. The van der Waals surface area contributed by atoms with Crippen LogP contribution in [0.2, 0.25) is 0 Å². The van der Waals surface area contributed by atoms with Crippen LogP contribution < -0.4 is 10.1 Å². The summed E-state index contributed by atoms with van der Waals surface area (Å²) in [6, 6.07) is 2.08. The summed E-state index contributed by atoms with van der Waals surface area (Å²) < 4.78 is 5.38. The van der Waals surface area contributed by atoms with Gasteiger partial charge in [0.15, 0.2) is 0 Å². The average Bonchev–Trinajstić information content (AvgIpc) is 2.66. The van der Waals surface area contributed by atoms with E-state index in [0.717, 1.165) is 24.8 Å². The van der Waals surface area contributed by atoms with Gasteiger partial charge in [-0.1, -0.05) is 6.92 Å². The zero-order valence-electron chi connectivity index (χ0n) is 8.75. The van der Waals surface area contributed by atoms with Gasteiger partial charge in [0.2, 0.25) is 0 Å². The highest BCUT2D eigenvalue weighted by molar-refractivity contribution is 7.10. The molecule has 0 aliphatic carbocycles. The number of hydrogen-bond acceptors (Lipinski definition) is 3. The largest absolute Gasteiger partial charge is 0.496 e. The Morgan fingerprint density at radius 1 is 1.57 bits per heavy atom. The fourth-order valence-electron chi connectivity index (χ4n) is 2.15. The molecule has 14 heavy (non-hydrogen) atoms. The van der Waals surface area contributed by atoms with Crippen molar-refractivity contribution in [2.45, 2.75) is 19.3 Å². The Bertz CT molecular complexity index is 297. The summed E-state index contributed by atoms with van der Waals surface area (Å²) >= 11 is 1.83. The molecule has 2 rings (SSSR count). The van der Waals surface area contributed by atoms with Gasteiger partial charge in [0.1, 0.15) is 5.75 Å². The van der Waals surface area contributed by atoms with E-state index in [1.54, 1.807) is 7.11 Å². The molecule has 0 aromatic carbocycles. The summed E-state index contributed by atoms with van der Waals surface area (Å²) in [5, 5.41) is 5.56. The number of hydrogen-bond donors (Lipinski definition) is 1. The number of thiophene rings is 1. The molecular formula is C11H17NOS. The quantitative estimate of drug-likeness (QED) is 0.811. The van der Waals surface area contributed by atoms with Gasteiger partial charge in [-0.25, -0.2) is 0 Å². The average molecular weight is 211 g/mol. The molecule has 3 heteroatoms. The Morgan fingerprint density at radius 2 is 2.43 bits per heavy atom. The predicted octanol–water partition coefficient (Wildman–Crippen LogP) is 2.47. The molecule has 1 saturated heterocycles. The SMILES string of the molecule is COc1ccsc1C1CCNCC1C. The van der Waals surface area contributed by atoms with Gasteiger partial charge in [0.25, 0.3) is 0 Å². The fraction of sp³-hybridized carbons (Fsp3) is 0.636. The van der Waals surface area contributed by atoms with Crippen LogP contribution in [0.5, 0.6) is 5.75 Å². The van der Waals surface area contributed by atoms with E-state index in [2.05, 4.69) is 23.7 Å². The monoisotopic (exact) mass is 211 g/mol. The van der Waals surface area contributed by atoms with E-state index in [1.807, 2.05) is 11.3 Å². The van der Waals surface area contributed by atoms with Crippen LogP contribution in [-0.4, -0.2) is 20.2 Å². The molecule has 0 saturated carbocycles. The van der Waals surface area contributed by atoms with Gasteiger partial charge in [-0.3, -0.25) is 0 Å². The van der Waals surface area contributed by atoms with Crippen molar-refractivity contribution in [3.63, 3.8) is 0 Å². The first-order valence-electron chi connectivity index (χ1n) is 5.15. The third-order valence-corrected chi connectivity index (χ3v) is 4.03. The molecule has 2 unspecified atom stereocenters. The Kier molecular flexibility index (Phi) is 3.08. The van der Waals surface area contributed by atoms with E-state index in [-0.39, 0.29) is 0 Å². The smallest absolute Gasteiger partial charge is 0.133 e.